The van der Waals surface area contributed by atoms with Gasteiger partial charge in [-0.05, 0) is 35.6 Å². The maximum absolute atomic E-state index is 12.6. The number of fused-ring (bicyclic) bond motifs is 3. The number of carboxylic acid groups (broad SMARTS) is 1. The predicted octanol–water partition coefficient (Wildman–Crippen LogP) is 4.80. The van der Waals surface area contributed by atoms with Crippen molar-refractivity contribution in [3.63, 3.8) is 0 Å². The Hall–Kier alpha value is -3.72. The molecule has 34 heavy (non-hydrogen) atoms. The third kappa shape index (κ3) is 4.94. The molecular weight excluding hydrogens is 454 g/mol. The van der Waals surface area contributed by atoms with Crippen molar-refractivity contribution in [2.24, 2.45) is 0 Å². The van der Waals surface area contributed by atoms with Gasteiger partial charge in [0.2, 0.25) is 0 Å². The van der Waals surface area contributed by atoms with Crippen LogP contribution in [0.2, 0.25) is 0 Å². The van der Waals surface area contributed by atoms with E-state index in [0.29, 0.717) is 17.0 Å². The molecule has 0 aliphatic heterocycles. The van der Waals surface area contributed by atoms with E-state index < -0.39 is 24.0 Å². The molecule has 2 aromatic carbocycles. The van der Waals surface area contributed by atoms with E-state index in [-0.39, 0.29) is 24.1 Å². The Labute approximate surface area is 201 Å². The minimum atomic E-state index is -0.981. The Balaban J connectivity index is 1.39. The Bertz CT molecular complexity index is 1190. The average molecular weight is 480 g/mol. The summed E-state index contributed by atoms with van der Waals surface area (Å²) in [5.41, 5.74) is 4.97. The van der Waals surface area contributed by atoms with Crippen molar-refractivity contribution in [3.05, 3.63) is 70.2 Å². The largest absolute Gasteiger partial charge is 0.481 e. The first-order chi connectivity index (χ1) is 16.4. The van der Waals surface area contributed by atoms with Gasteiger partial charge in [-0.3, -0.25) is 14.9 Å². The Morgan fingerprint density at radius 3 is 2.29 bits per heavy atom. The molecule has 1 atom stereocenters. The van der Waals surface area contributed by atoms with E-state index in [4.69, 9.17) is 9.84 Å². The summed E-state index contributed by atoms with van der Waals surface area (Å²) in [5, 5.41) is 14.5. The van der Waals surface area contributed by atoms with Gasteiger partial charge in [-0.1, -0.05) is 66.8 Å². The standard InChI is InChI=1S/C25H25N3O5S/c1-3-15(12-21(29)30)27-23(31)22-14(2)26-24(34-22)28-25(32)33-13-20-18-10-6-4-8-16(18)17-9-5-7-11-19(17)20/h4-11,15,20H,3,12-13H2,1-2H3,(H,27,31)(H,29,30)(H,26,28,32). The number of hydrogen-bond donors (Lipinski definition) is 3. The van der Waals surface area contributed by atoms with Crippen LogP contribution in [0.1, 0.15) is 52.2 Å². The van der Waals surface area contributed by atoms with Crippen LogP contribution in [0.4, 0.5) is 9.93 Å². The number of hydrogen-bond acceptors (Lipinski definition) is 6. The zero-order valence-electron chi connectivity index (χ0n) is 18.8. The molecule has 0 spiro atoms. The molecule has 3 N–H and O–H groups in total. The highest BCUT2D eigenvalue weighted by Gasteiger charge is 2.29. The lowest BCUT2D eigenvalue weighted by atomic mass is 9.98. The lowest BCUT2D eigenvalue weighted by Gasteiger charge is -2.14. The number of nitrogens with zero attached hydrogens (tertiary/aromatic N) is 1. The molecule has 0 radical (unpaired) electrons. The third-order valence-electron chi connectivity index (χ3n) is 5.80. The normalized spacial score (nSPS) is 13.0. The van der Waals surface area contributed by atoms with Gasteiger partial charge in [-0.2, -0.15) is 0 Å². The van der Waals surface area contributed by atoms with Gasteiger partial charge in [0.05, 0.1) is 12.1 Å². The Morgan fingerprint density at radius 1 is 1.09 bits per heavy atom. The van der Waals surface area contributed by atoms with Gasteiger partial charge < -0.3 is 15.2 Å². The van der Waals surface area contributed by atoms with Crippen LogP contribution in [0.15, 0.2) is 48.5 Å². The van der Waals surface area contributed by atoms with Crippen LogP contribution in [-0.4, -0.2) is 40.7 Å². The van der Waals surface area contributed by atoms with Crippen molar-refractivity contribution >= 4 is 34.4 Å². The molecule has 3 aromatic rings. The number of anilines is 1. The second-order valence-electron chi connectivity index (χ2n) is 8.06. The number of aromatic nitrogens is 1. The molecule has 4 rings (SSSR count). The molecule has 1 heterocycles. The van der Waals surface area contributed by atoms with E-state index in [9.17, 15) is 14.4 Å². The number of carbonyl (C=O) groups is 3. The molecule has 0 saturated carbocycles. The van der Waals surface area contributed by atoms with Gasteiger partial charge in [-0.25, -0.2) is 9.78 Å². The lowest BCUT2D eigenvalue weighted by Crippen LogP contribution is -2.35. The summed E-state index contributed by atoms with van der Waals surface area (Å²) >= 11 is 1.02. The van der Waals surface area contributed by atoms with Crippen LogP contribution >= 0.6 is 11.3 Å². The fraction of sp³-hybridized carbons (Fsp3) is 0.280. The number of aryl methyl sites for hydroxylation is 1. The van der Waals surface area contributed by atoms with Gasteiger partial charge in [0, 0.05) is 12.0 Å². The van der Waals surface area contributed by atoms with Crippen LogP contribution in [0.25, 0.3) is 11.1 Å². The topological polar surface area (TPSA) is 118 Å². The van der Waals surface area contributed by atoms with Crippen molar-refractivity contribution in [1.29, 1.82) is 0 Å². The molecule has 1 aromatic heterocycles. The molecule has 1 unspecified atom stereocenters. The van der Waals surface area contributed by atoms with Gasteiger partial charge in [0.15, 0.2) is 5.13 Å². The molecule has 0 fully saturated rings. The Morgan fingerprint density at radius 2 is 1.71 bits per heavy atom. The fourth-order valence-electron chi connectivity index (χ4n) is 4.14. The zero-order valence-corrected chi connectivity index (χ0v) is 19.6. The van der Waals surface area contributed by atoms with E-state index in [2.05, 4.69) is 27.8 Å². The van der Waals surface area contributed by atoms with Crippen molar-refractivity contribution < 1.29 is 24.2 Å². The lowest BCUT2D eigenvalue weighted by molar-refractivity contribution is -0.137. The second-order valence-corrected chi connectivity index (χ2v) is 9.06. The number of amides is 2. The molecule has 9 heteroatoms. The molecule has 2 amide bonds. The monoisotopic (exact) mass is 479 g/mol. The van der Waals surface area contributed by atoms with Crippen molar-refractivity contribution in [2.75, 3.05) is 11.9 Å². The predicted molar refractivity (Wildman–Crippen MR) is 129 cm³/mol. The number of carbonyl (C=O) groups excluding carboxylic acids is 2. The number of benzene rings is 2. The van der Waals surface area contributed by atoms with Gasteiger partial charge in [0.1, 0.15) is 11.5 Å². The highest BCUT2D eigenvalue weighted by Crippen LogP contribution is 2.44. The molecule has 176 valence electrons. The summed E-state index contributed by atoms with van der Waals surface area (Å²) in [6, 6.07) is 15.7. The van der Waals surface area contributed by atoms with E-state index in [0.717, 1.165) is 33.6 Å². The number of thiazole rings is 1. The second kappa shape index (κ2) is 10.0. The molecule has 0 saturated heterocycles. The van der Waals surface area contributed by atoms with Crippen LogP contribution in [0.3, 0.4) is 0 Å². The summed E-state index contributed by atoms with van der Waals surface area (Å²) in [6.07, 6.45) is -0.328. The van der Waals surface area contributed by atoms with Crippen molar-refractivity contribution in [1.82, 2.24) is 10.3 Å². The summed E-state index contributed by atoms with van der Waals surface area (Å²) < 4.78 is 5.53. The SMILES string of the molecule is CCC(CC(=O)O)NC(=O)c1sc(NC(=O)OCC2c3ccccc3-c3ccccc32)nc1C. The molecule has 1 aliphatic carbocycles. The minimum absolute atomic E-state index is 0.0577. The van der Waals surface area contributed by atoms with Crippen molar-refractivity contribution in [3.8, 4) is 11.1 Å². The number of ether oxygens (including phenoxy) is 1. The number of nitrogens with one attached hydrogen (secondary N) is 2. The van der Waals surface area contributed by atoms with Crippen molar-refractivity contribution in [2.45, 2.75) is 38.6 Å². The number of carboxylic acids is 1. The minimum Gasteiger partial charge on any atom is -0.481 e. The third-order valence-corrected chi connectivity index (χ3v) is 6.88. The van der Waals surface area contributed by atoms with Crippen LogP contribution in [-0.2, 0) is 9.53 Å². The van der Waals surface area contributed by atoms with Gasteiger partial charge in [0.25, 0.3) is 5.91 Å². The zero-order chi connectivity index (χ0) is 24.2. The van der Waals surface area contributed by atoms with E-state index >= 15 is 0 Å². The molecular formula is C25H25N3O5S. The average Bonchev–Trinajstić information content (AvgIpc) is 3.34. The first kappa shape index (κ1) is 23.4. The summed E-state index contributed by atoms with van der Waals surface area (Å²) in [6.45, 7) is 3.63. The number of aliphatic carboxylic acids is 1. The number of rotatable bonds is 8. The summed E-state index contributed by atoms with van der Waals surface area (Å²) in [5.74, 6) is -1.45. The molecule has 1 aliphatic rings. The van der Waals surface area contributed by atoms with Crippen LogP contribution < -0.4 is 10.6 Å². The quantitative estimate of drug-likeness (QED) is 0.427. The van der Waals surface area contributed by atoms with Crippen LogP contribution in [0.5, 0.6) is 0 Å². The summed E-state index contributed by atoms with van der Waals surface area (Å²) in [7, 11) is 0. The first-order valence-corrected chi connectivity index (χ1v) is 11.8. The first-order valence-electron chi connectivity index (χ1n) is 11.0. The Kier molecular flexibility index (Phi) is 6.93. The van der Waals surface area contributed by atoms with Crippen LogP contribution in [0, 0.1) is 6.92 Å². The molecule has 0 bridgehead atoms. The maximum atomic E-state index is 12.6. The van der Waals surface area contributed by atoms with Gasteiger partial charge >= 0.3 is 12.1 Å². The summed E-state index contributed by atoms with van der Waals surface area (Å²) in [4.78, 5) is 40.6. The smallest absolute Gasteiger partial charge is 0.413 e. The highest BCUT2D eigenvalue weighted by atomic mass is 32.1. The molecule has 8 nitrogen and oxygen atoms in total. The van der Waals surface area contributed by atoms with Gasteiger partial charge in [-0.15, -0.1) is 0 Å². The highest BCUT2D eigenvalue weighted by molar-refractivity contribution is 7.17. The fourth-order valence-corrected chi connectivity index (χ4v) is 5.00. The van der Waals surface area contributed by atoms with E-state index in [1.165, 1.54) is 0 Å². The van der Waals surface area contributed by atoms with E-state index in [1.807, 2.05) is 36.4 Å². The van der Waals surface area contributed by atoms with E-state index in [1.54, 1.807) is 13.8 Å². The maximum Gasteiger partial charge on any atom is 0.413 e.